The van der Waals surface area contributed by atoms with Crippen molar-refractivity contribution in [3.8, 4) is 5.69 Å². The maximum absolute atomic E-state index is 13.2. The molecule has 0 N–H and O–H groups in total. The van der Waals surface area contributed by atoms with Gasteiger partial charge in [0.2, 0.25) is 0 Å². The van der Waals surface area contributed by atoms with Crippen molar-refractivity contribution in [2.45, 2.75) is 112 Å². The number of hydrogen-bond acceptors (Lipinski definition) is 5. The molecule has 6 nitrogen and oxygen atoms in total. The van der Waals surface area contributed by atoms with Gasteiger partial charge in [0.25, 0.3) is 0 Å². The van der Waals surface area contributed by atoms with Crippen molar-refractivity contribution in [3.05, 3.63) is 41.2 Å². The van der Waals surface area contributed by atoms with Crippen molar-refractivity contribution < 1.29 is 14.3 Å². The largest absolute Gasteiger partial charge is 0.466 e. The van der Waals surface area contributed by atoms with E-state index >= 15 is 0 Å². The van der Waals surface area contributed by atoms with Crippen molar-refractivity contribution in [2.24, 2.45) is 33.5 Å². The van der Waals surface area contributed by atoms with Gasteiger partial charge in [-0.05, 0) is 130 Å². The number of carbonyl (C=O) groups excluding carboxylic acids is 1. The van der Waals surface area contributed by atoms with E-state index in [2.05, 4.69) is 63.1 Å². The van der Waals surface area contributed by atoms with Gasteiger partial charge in [0, 0.05) is 0 Å². The Hall–Kier alpha value is -2.21. The summed E-state index contributed by atoms with van der Waals surface area (Å²) in [4.78, 5) is 13.2. The van der Waals surface area contributed by atoms with Crippen LogP contribution in [0.4, 0.5) is 0 Å². The summed E-state index contributed by atoms with van der Waals surface area (Å²) in [6.07, 6.45) is 12.8. The van der Waals surface area contributed by atoms with Gasteiger partial charge in [0.15, 0.2) is 0 Å². The lowest BCUT2D eigenvalue weighted by atomic mass is 9.40. The molecule has 212 valence electrons. The molecule has 0 radical (unpaired) electrons. The Kier molecular flexibility index (Phi) is 6.52. The first-order chi connectivity index (χ1) is 18.5. The molecule has 7 atom stereocenters. The molecule has 4 aliphatic rings. The van der Waals surface area contributed by atoms with Gasteiger partial charge in [-0.15, -0.1) is 5.10 Å². The lowest BCUT2D eigenvalue weighted by Gasteiger charge is -2.64. The fourth-order valence-electron chi connectivity index (χ4n) is 10.3. The fraction of sp³-hybridized carbons (Fsp3) is 0.727. The van der Waals surface area contributed by atoms with Crippen LogP contribution < -0.4 is 0 Å². The molecule has 6 rings (SSSR count). The number of ether oxygens (including phenoxy) is 2. The van der Waals surface area contributed by atoms with Crippen LogP contribution in [0.25, 0.3) is 5.69 Å². The van der Waals surface area contributed by atoms with Gasteiger partial charge < -0.3 is 9.47 Å². The van der Waals surface area contributed by atoms with Gasteiger partial charge in [0.1, 0.15) is 5.69 Å². The molecule has 4 saturated carbocycles. The van der Waals surface area contributed by atoms with E-state index in [0.717, 1.165) is 37.1 Å². The van der Waals surface area contributed by atoms with E-state index in [-0.39, 0.29) is 28.3 Å². The highest BCUT2D eigenvalue weighted by atomic mass is 16.5. The summed E-state index contributed by atoms with van der Waals surface area (Å²) in [6, 6.07) is 6.46. The molecule has 1 aromatic heterocycles. The second kappa shape index (κ2) is 9.43. The molecule has 0 amide bonds. The maximum atomic E-state index is 13.2. The normalized spacial score (nSPS) is 39.2. The topological polar surface area (TPSA) is 66.2 Å². The van der Waals surface area contributed by atoms with E-state index in [1.54, 1.807) is 0 Å². The molecule has 4 fully saturated rings. The fourth-order valence-corrected chi connectivity index (χ4v) is 10.3. The quantitative estimate of drug-likeness (QED) is 0.369. The molecule has 0 saturated heterocycles. The molecule has 6 heteroatoms. The summed E-state index contributed by atoms with van der Waals surface area (Å²) < 4.78 is 14.3. The third-order valence-electron chi connectivity index (χ3n) is 11.8. The van der Waals surface area contributed by atoms with Crippen LogP contribution in [0, 0.1) is 47.3 Å². The summed E-state index contributed by atoms with van der Waals surface area (Å²) in [5, 5.41) is 8.86. The van der Waals surface area contributed by atoms with Crippen LogP contribution in [0.15, 0.2) is 24.4 Å². The van der Waals surface area contributed by atoms with Crippen LogP contribution in [0.1, 0.15) is 102 Å². The number of carbonyl (C=O) groups is 1. The Morgan fingerprint density at radius 1 is 1.03 bits per heavy atom. The monoisotopic (exact) mass is 533 g/mol. The van der Waals surface area contributed by atoms with Crippen LogP contribution in [0.5, 0.6) is 0 Å². The van der Waals surface area contributed by atoms with Crippen LogP contribution >= 0.6 is 0 Å². The van der Waals surface area contributed by atoms with Crippen LogP contribution in [0.3, 0.4) is 0 Å². The highest BCUT2D eigenvalue weighted by molar-refractivity contribution is 5.77. The number of nitrogens with zero attached hydrogens (tertiary/aromatic N) is 3. The van der Waals surface area contributed by atoms with E-state index in [1.165, 1.54) is 43.2 Å². The molecule has 2 aromatic rings. The van der Waals surface area contributed by atoms with E-state index in [0.29, 0.717) is 30.5 Å². The highest BCUT2D eigenvalue weighted by Crippen LogP contribution is 2.74. The van der Waals surface area contributed by atoms with Crippen molar-refractivity contribution in [1.82, 2.24) is 15.0 Å². The zero-order valence-electron chi connectivity index (χ0n) is 24.9. The minimum atomic E-state index is -0.346. The van der Waals surface area contributed by atoms with E-state index in [1.807, 2.05) is 17.8 Å². The Morgan fingerprint density at radius 3 is 2.51 bits per heavy atom. The second-order valence-corrected chi connectivity index (χ2v) is 14.4. The number of hydrogen-bond donors (Lipinski definition) is 0. The number of esters is 1. The lowest BCUT2D eigenvalue weighted by molar-refractivity contribution is -0.187. The Morgan fingerprint density at radius 2 is 1.77 bits per heavy atom. The molecule has 0 aliphatic heterocycles. The van der Waals surface area contributed by atoms with Gasteiger partial charge in [-0.2, -0.15) is 0 Å². The van der Waals surface area contributed by atoms with Gasteiger partial charge in [-0.25, -0.2) is 4.68 Å². The second-order valence-electron chi connectivity index (χ2n) is 14.4. The highest BCUT2D eigenvalue weighted by Gasteiger charge is 2.68. The Labute approximate surface area is 234 Å². The van der Waals surface area contributed by atoms with Crippen LogP contribution in [-0.2, 0) is 20.9 Å². The number of aromatic nitrogens is 3. The van der Waals surface area contributed by atoms with E-state index < -0.39 is 0 Å². The summed E-state index contributed by atoms with van der Waals surface area (Å²) in [6.45, 7) is 14.3. The summed E-state index contributed by atoms with van der Waals surface area (Å²) in [5.74, 6) is 1.11. The van der Waals surface area contributed by atoms with Crippen LogP contribution in [0.2, 0.25) is 0 Å². The average molecular weight is 534 g/mol. The molecule has 39 heavy (non-hydrogen) atoms. The molecule has 1 heterocycles. The van der Waals surface area contributed by atoms with Crippen LogP contribution in [-0.4, -0.2) is 33.7 Å². The summed E-state index contributed by atoms with van der Waals surface area (Å²) in [5.41, 5.74) is 4.77. The molecular weight excluding hydrogens is 486 g/mol. The Bertz CT molecular complexity index is 1240. The molecule has 1 spiro atoms. The van der Waals surface area contributed by atoms with Gasteiger partial charge >= 0.3 is 5.97 Å². The standard InChI is InChI=1S/C33H47N3O3/c1-7-38-29(37)32(6)12-8-11-31(5)26(32)10-14-33-18-28(30(4,21-33)13-9-27(31)33)39-20-24-19-36(35-34-24)25-16-22(2)15-23(3)17-25/h15-17,19,26-28H,7-14,18,20-21H2,1-6H3/t26-,27-,28+,30-,31+,32+,33-/m0/s1. The SMILES string of the molecule is CCOC(=O)[C@]1(C)CCC[C@@]2(C)[C@@H]3CC[C@@]4(C)C[C@]3(CC[C@@H]21)C[C@H]4OCc1cn(-c2cc(C)cc(C)c2)nn1. The number of aryl methyl sites for hydroxylation is 2. The predicted molar refractivity (Wildman–Crippen MR) is 151 cm³/mol. The first-order valence-electron chi connectivity index (χ1n) is 15.3. The number of rotatable bonds is 6. The molecule has 1 aromatic carbocycles. The molecule has 2 bridgehead atoms. The summed E-state index contributed by atoms with van der Waals surface area (Å²) in [7, 11) is 0. The van der Waals surface area contributed by atoms with Crippen molar-refractivity contribution in [3.63, 3.8) is 0 Å². The number of fused-ring (bicyclic) bond motifs is 3. The minimum absolute atomic E-state index is 0.0408. The Balaban J connectivity index is 1.19. The van der Waals surface area contributed by atoms with Crippen molar-refractivity contribution >= 4 is 5.97 Å². The molecule has 0 unspecified atom stereocenters. The zero-order valence-corrected chi connectivity index (χ0v) is 24.9. The maximum Gasteiger partial charge on any atom is 0.312 e. The predicted octanol–water partition coefficient (Wildman–Crippen LogP) is 7.14. The first-order valence-corrected chi connectivity index (χ1v) is 15.3. The lowest BCUT2D eigenvalue weighted by Crippen LogP contribution is -2.58. The number of benzene rings is 1. The summed E-state index contributed by atoms with van der Waals surface area (Å²) >= 11 is 0. The van der Waals surface area contributed by atoms with Crippen molar-refractivity contribution in [2.75, 3.05) is 6.61 Å². The van der Waals surface area contributed by atoms with Crippen molar-refractivity contribution in [1.29, 1.82) is 0 Å². The minimum Gasteiger partial charge on any atom is -0.466 e. The van der Waals surface area contributed by atoms with Gasteiger partial charge in [0.05, 0.1) is 36.6 Å². The zero-order chi connectivity index (χ0) is 27.6. The average Bonchev–Trinajstić information content (AvgIpc) is 3.42. The van der Waals surface area contributed by atoms with Gasteiger partial charge in [-0.3, -0.25) is 4.79 Å². The van der Waals surface area contributed by atoms with Gasteiger partial charge in [-0.1, -0.05) is 31.5 Å². The smallest absolute Gasteiger partial charge is 0.312 e. The van der Waals surface area contributed by atoms with E-state index in [9.17, 15) is 4.79 Å². The third kappa shape index (κ3) is 4.27. The van der Waals surface area contributed by atoms with E-state index in [4.69, 9.17) is 9.47 Å². The third-order valence-corrected chi connectivity index (χ3v) is 11.8. The first kappa shape index (κ1) is 27.0. The molecule has 4 aliphatic carbocycles. The molecular formula is C33H47N3O3.